The number of unbranched alkanes of at least 4 members (excludes halogenated alkanes) is 2. The Morgan fingerprint density at radius 3 is 2.37 bits per heavy atom. The molecule has 0 aliphatic carbocycles. The maximum atomic E-state index is 14.6. The molecule has 7 rings (SSSR count). The highest BCUT2D eigenvalue weighted by atomic mass is 35.5. The molecule has 1 aliphatic rings. The van der Waals surface area contributed by atoms with Crippen molar-refractivity contribution in [2.45, 2.75) is 70.9 Å². The van der Waals surface area contributed by atoms with Crippen LogP contribution in [0.4, 0.5) is 0 Å². The molecule has 60 heavy (non-hydrogen) atoms. The highest BCUT2D eigenvalue weighted by Crippen LogP contribution is 2.30. The van der Waals surface area contributed by atoms with E-state index in [2.05, 4.69) is 28.7 Å². The van der Waals surface area contributed by atoms with Gasteiger partial charge in [0.1, 0.15) is 18.2 Å². The number of ether oxygens (including phenoxy) is 1. The Morgan fingerprint density at radius 2 is 1.65 bits per heavy atom. The van der Waals surface area contributed by atoms with Crippen LogP contribution in [-0.2, 0) is 36.6 Å². The van der Waals surface area contributed by atoms with E-state index in [1.165, 1.54) is 35.0 Å². The number of carbonyl (C=O) groups is 3. The number of hydrogen-bond acceptors (Lipinski definition) is 8. The van der Waals surface area contributed by atoms with Gasteiger partial charge in [-0.05, 0) is 90.6 Å². The lowest BCUT2D eigenvalue weighted by Crippen LogP contribution is -2.37. The molecule has 0 saturated carbocycles. The molecule has 0 spiro atoms. The Morgan fingerprint density at radius 1 is 0.917 bits per heavy atom. The molecule has 13 nitrogen and oxygen atoms in total. The first-order valence-corrected chi connectivity index (χ1v) is 22.0. The molecule has 1 N–H and O–H groups in total. The van der Waals surface area contributed by atoms with Crippen molar-refractivity contribution in [3.8, 4) is 11.4 Å². The van der Waals surface area contributed by atoms with Gasteiger partial charge in [0, 0.05) is 51.2 Å². The molecule has 312 valence electrons. The standard InChI is InChI=1S/C45H48ClN7O6S/c1-5-7-21-51(22-8-6-2)45(56)42-41(46)30(3)53(48-42)39-18-15-33(27-38(39)44(55)52-23-19-31-11-9-10-12-34(31)28-52)43(54)49-60(57,58)37-17-14-32-13-16-36(25-35(32)26-37)59-29-40-47-20-24-50(40)4/h9-18,20,24-27H,5-8,19,21-23,28-29H2,1-4H3,(H,49,54). The molecule has 3 heterocycles. The van der Waals surface area contributed by atoms with E-state index in [4.69, 9.17) is 16.3 Å². The van der Waals surface area contributed by atoms with Crippen LogP contribution in [0.1, 0.15) is 93.4 Å². The molecule has 0 fully saturated rings. The number of hydrogen-bond donors (Lipinski definition) is 1. The van der Waals surface area contributed by atoms with Crippen LogP contribution in [-0.4, -0.2) is 74.9 Å². The van der Waals surface area contributed by atoms with Gasteiger partial charge in [-0.2, -0.15) is 5.10 Å². The molecule has 0 bridgehead atoms. The van der Waals surface area contributed by atoms with Gasteiger partial charge >= 0.3 is 0 Å². The average molecular weight is 850 g/mol. The Kier molecular flexibility index (Phi) is 12.7. The minimum absolute atomic E-state index is 0.0636. The zero-order chi connectivity index (χ0) is 42.6. The zero-order valence-electron chi connectivity index (χ0n) is 34.2. The molecule has 6 aromatic rings. The summed E-state index contributed by atoms with van der Waals surface area (Å²) in [5, 5.41) is 6.22. The Labute approximate surface area is 355 Å². The number of fused-ring (bicyclic) bond motifs is 2. The molecule has 0 atom stereocenters. The topological polar surface area (TPSA) is 149 Å². The van der Waals surface area contributed by atoms with Gasteiger partial charge < -0.3 is 19.1 Å². The zero-order valence-corrected chi connectivity index (χ0v) is 35.7. The molecular weight excluding hydrogens is 802 g/mol. The first kappa shape index (κ1) is 42.1. The number of carbonyl (C=O) groups excluding carboxylic acids is 3. The van der Waals surface area contributed by atoms with Gasteiger partial charge in [-0.25, -0.2) is 22.8 Å². The average Bonchev–Trinajstić information content (AvgIpc) is 3.81. The van der Waals surface area contributed by atoms with Crippen molar-refractivity contribution < 1.29 is 27.5 Å². The SMILES string of the molecule is CCCCN(CCCC)C(=O)c1nn(-c2ccc(C(=O)NS(=O)(=O)c3ccc4ccc(OCc5nccn5C)cc4c3)cc2C(=O)N2CCc3ccccc3C2)c(C)c1Cl. The summed E-state index contributed by atoms with van der Waals surface area (Å²) in [6.07, 6.45) is 7.61. The van der Waals surface area contributed by atoms with Crippen molar-refractivity contribution in [2.75, 3.05) is 19.6 Å². The summed E-state index contributed by atoms with van der Waals surface area (Å²) in [7, 11) is -2.51. The summed E-state index contributed by atoms with van der Waals surface area (Å²) in [6.45, 7) is 7.94. The van der Waals surface area contributed by atoms with Crippen molar-refractivity contribution >= 4 is 50.1 Å². The lowest BCUT2D eigenvalue weighted by Gasteiger charge is -2.29. The number of halogens is 1. The van der Waals surface area contributed by atoms with Gasteiger partial charge in [0.15, 0.2) is 5.69 Å². The van der Waals surface area contributed by atoms with Gasteiger partial charge in [0.05, 0.1) is 26.9 Å². The summed E-state index contributed by atoms with van der Waals surface area (Å²) in [5.74, 6) is -0.371. The number of aryl methyl sites for hydroxylation is 1. The quantitative estimate of drug-likeness (QED) is 0.111. The highest BCUT2D eigenvalue weighted by Gasteiger charge is 2.30. The lowest BCUT2D eigenvalue weighted by molar-refractivity contribution is 0.0732. The van der Waals surface area contributed by atoms with Gasteiger partial charge in [-0.1, -0.05) is 74.7 Å². The van der Waals surface area contributed by atoms with E-state index in [9.17, 15) is 22.8 Å². The molecule has 15 heteroatoms. The Bertz CT molecular complexity index is 2680. The Balaban J connectivity index is 1.20. The monoisotopic (exact) mass is 849 g/mol. The summed E-state index contributed by atoms with van der Waals surface area (Å²) in [6, 6.07) is 22.1. The number of imidazole rings is 1. The fraction of sp³-hybridized carbons (Fsp3) is 0.311. The van der Waals surface area contributed by atoms with E-state index in [-0.39, 0.29) is 45.2 Å². The highest BCUT2D eigenvalue weighted by molar-refractivity contribution is 7.90. The molecule has 3 amide bonds. The van der Waals surface area contributed by atoms with E-state index < -0.39 is 15.9 Å². The predicted octanol–water partition coefficient (Wildman–Crippen LogP) is 7.66. The number of amides is 3. The van der Waals surface area contributed by atoms with Gasteiger partial charge in [-0.15, -0.1) is 0 Å². The smallest absolute Gasteiger partial charge is 0.275 e. The van der Waals surface area contributed by atoms with Crippen LogP contribution in [0.2, 0.25) is 5.02 Å². The summed E-state index contributed by atoms with van der Waals surface area (Å²) in [5.41, 5.74) is 2.99. The first-order valence-electron chi connectivity index (χ1n) is 20.1. The van der Waals surface area contributed by atoms with Crippen molar-refractivity contribution in [3.63, 3.8) is 0 Å². The third kappa shape index (κ3) is 8.94. The minimum Gasteiger partial charge on any atom is -0.486 e. The van der Waals surface area contributed by atoms with E-state index in [1.54, 1.807) is 41.1 Å². The first-order chi connectivity index (χ1) is 28.9. The van der Waals surface area contributed by atoms with Gasteiger partial charge in [-0.3, -0.25) is 14.4 Å². The molecule has 2 aromatic heterocycles. The largest absolute Gasteiger partial charge is 0.486 e. The summed E-state index contributed by atoms with van der Waals surface area (Å²) < 4.78 is 38.9. The molecule has 0 saturated heterocycles. The van der Waals surface area contributed by atoms with Crippen molar-refractivity contribution in [1.29, 1.82) is 0 Å². The second-order valence-corrected chi connectivity index (χ2v) is 17.0. The number of aromatic nitrogens is 4. The second kappa shape index (κ2) is 18.1. The van der Waals surface area contributed by atoms with E-state index >= 15 is 0 Å². The van der Waals surface area contributed by atoms with Crippen molar-refractivity contribution in [1.82, 2.24) is 33.9 Å². The third-order valence-corrected chi connectivity index (χ3v) is 12.6. The lowest BCUT2D eigenvalue weighted by atomic mass is 9.98. The van der Waals surface area contributed by atoms with Crippen molar-refractivity contribution in [2.24, 2.45) is 7.05 Å². The summed E-state index contributed by atoms with van der Waals surface area (Å²) >= 11 is 6.84. The minimum atomic E-state index is -4.38. The van der Waals surface area contributed by atoms with Crippen LogP contribution in [0.5, 0.6) is 5.75 Å². The van der Waals surface area contributed by atoms with E-state index in [0.717, 1.165) is 48.0 Å². The number of rotatable bonds is 15. The van der Waals surface area contributed by atoms with Crippen LogP contribution >= 0.6 is 11.6 Å². The van der Waals surface area contributed by atoms with Crippen LogP contribution < -0.4 is 9.46 Å². The number of nitrogens with zero attached hydrogens (tertiary/aromatic N) is 6. The normalized spacial score (nSPS) is 12.7. The van der Waals surface area contributed by atoms with Crippen molar-refractivity contribution in [3.05, 3.63) is 136 Å². The number of nitrogens with one attached hydrogen (secondary N) is 1. The molecular formula is C45H48ClN7O6S. The molecule has 4 aromatic carbocycles. The van der Waals surface area contributed by atoms with E-state index in [0.29, 0.717) is 55.1 Å². The fourth-order valence-electron chi connectivity index (χ4n) is 7.27. The second-order valence-electron chi connectivity index (χ2n) is 15.0. The molecule has 0 unspecified atom stereocenters. The van der Waals surface area contributed by atoms with Crippen LogP contribution in [0, 0.1) is 6.92 Å². The summed E-state index contributed by atoms with van der Waals surface area (Å²) in [4.78, 5) is 49.9. The van der Waals surface area contributed by atoms with Crippen LogP contribution in [0.3, 0.4) is 0 Å². The Hall–Kier alpha value is -5.99. The third-order valence-electron chi connectivity index (χ3n) is 10.8. The number of sulfonamides is 1. The van der Waals surface area contributed by atoms with Crippen LogP contribution in [0.15, 0.2) is 96.2 Å². The van der Waals surface area contributed by atoms with Crippen LogP contribution in [0.25, 0.3) is 16.5 Å². The van der Waals surface area contributed by atoms with E-state index in [1.807, 2.05) is 48.1 Å². The molecule has 0 radical (unpaired) electrons. The predicted molar refractivity (Wildman–Crippen MR) is 230 cm³/mol. The molecule has 1 aliphatic heterocycles. The maximum Gasteiger partial charge on any atom is 0.275 e. The fourth-order valence-corrected chi connectivity index (χ4v) is 8.48. The number of benzene rings is 4. The maximum absolute atomic E-state index is 14.6. The van der Waals surface area contributed by atoms with Gasteiger partial charge in [0.25, 0.3) is 27.7 Å². The van der Waals surface area contributed by atoms with Gasteiger partial charge in [0.2, 0.25) is 0 Å².